The number of ether oxygens (including phenoxy) is 2. The maximum atomic E-state index is 13.2. The second-order valence-electron chi connectivity index (χ2n) is 7.08. The number of carbonyl (C=O) groups excluding carboxylic acids is 1. The molecule has 158 valence electrons. The van der Waals surface area contributed by atoms with E-state index in [-0.39, 0.29) is 24.8 Å². The van der Waals surface area contributed by atoms with Crippen molar-refractivity contribution in [1.82, 2.24) is 9.78 Å². The molecule has 1 fully saturated rings. The molecule has 2 heterocycles. The molecule has 1 aromatic carbocycles. The monoisotopic (exact) mass is 411 g/mol. The normalized spacial score (nSPS) is 16.9. The van der Waals surface area contributed by atoms with Gasteiger partial charge in [-0.15, -0.1) is 0 Å². The summed E-state index contributed by atoms with van der Waals surface area (Å²) >= 11 is 0. The van der Waals surface area contributed by atoms with Gasteiger partial charge < -0.3 is 14.8 Å². The van der Waals surface area contributed by atoms with E-state index in [1.54, 1.807) is 13.8 Å². The highest BCUT2D eigenvalue weighted by molar-refractivity contribution is 5.93. The van der Waals surface area contributed by atoms with Crippen LogP contribution < -0.4 is 5.32 Å². The molecule has 1 atom stereocenters. The average molecular weight is 411 g/mol. The number of rotatable bonds is 7. The van der Waals surface area contributed by atoms with Crippen molar-refractivity contribution in [1.29, 1.82) is 0 Å². The molecule has 1 aliphatic heterocycles. The first kappa shape index (κ1) is 21.3. The fourth-order valence-corrected chi connectivity index (χ4v) is 3.24. The fraction of sp³-hybridized carbons (Fsp3) is 0.500. The van der Waals surface area contributed by atoms with Crippen molar-refractivity contribution >= 4 is 11.6 Å². The summed E-state index contributed by atoms with van der Waals surface area (Å²) in [7, 11) is 0. The van der Waals surface area contributed by atoms with Crippen molar-refractivity contribution < 1.29 is 27.4 Å². The zero-order chi connectivity index (χ0) is 21.0. The highest BCUT2D eigenvalue weighted by atomic mass is 19.4. The number of hydrogen-bond donors (Lipinski definition) is 1. The number of aromatic nitrogens is 2. The Kier molecular flexibility index (Phi) is 6.59. The number of nitrogens with zero attached hydrogens (tertiary/aromatic N) is 2. The van der Waals surface area contributed by atoms with E-state index in [0.29, 0.717) is 12.3 Å². The molecular formula is C20H24F3N3O3. The first-order chi connectivity index (χ1) is 13.7. The molecule has 1 aromatic heterocycles. The fourth-order valence-electron chi connectivity index (χ4n) is 3.24. The van der Waals surface area contributed by atoms with Crippen LogP contribution >= 0.6 is 0 Å². The van der Waals surface area contributed by atoms with E-state index in [2.05, 4.69) is 10.4 Å². The molecule has 0 bridgehead atoms. The minimum absolute atomic E-state index is 0.0273. The number of anilines is 1. The van der Waals surface area contributed by atoms with Gasteiger partial charge in [-0.05, 0) is 51.0 Å². The summed E-state index contributed by atoms with van der Waals surface area (Å²) in [6, 6.07) is 5.02. The summed E-state index contributed by atoms with van der Waals surface area (Å²) < 4.78 is 51.9. The number of halogens is 3. The molecule has 1 saturated heterocycles. The number of hydrogen-bond acceptors (Lipinski definition) is 4. The zero-order valence-electron chi connectivity index (χ0n) is 16.4. The van der Waals surface area contributed by atoms with Crippen molar-refractivity contribution in [3.05, 3.63) is 41.2 Å². The number of nitrogens with one attached hydrogen (secondary N) is 1. The highest BCUT2D eigenvalue weighted by Crippen LogP contribution is 2.33. The Balaban J connectivity index is 1.71. The van der Waals surface area contributed by atoms with E-state index in [9.17, 15) is 18.0 Å². The number of aryl methyl sites for hydroxylation is 2. The summed E-state index contributed by atoms with van der Waals surface area (Å²) in [5, 5.41) is 6.88. The summed E-state index contributed by atoms with van der Waals surface area (Å²) in [5.74, 6) is -0.431. The van der Waals surface area contributed by atoms with Crippen molar-refractivity contribution in [2.75, 3.05) is 25.1 Å². The van der Waals surface area contributed by atoms with E-state index >= 15 is 0 Å². The Hall–Kier alpha value is -2.39. The van der Waals surface area contributed by atoms with Crippen LogP contribution in [0.1, 0.15) is 36.2 Å². The Labute approximate surface area is 167 Å². The molecule has 0 spiro atoms. The van der Waals surface area contributed by atoms with Gasteiger partial charge >= 0.3 is 6.18 Å². The van der Waals surface area contributed by atoms with Crippen LogP contribution in [0.2, 0.25) is 0 Å². The van der Waals surface area contributed by atoms with Crippen LogP contribution in [0, 0.1) is 13.8 Å². The summed E-state index contributed by atoms with van der Waals surface area (Å²) in [4.78, 5) is 12.3. The first-order valence-electron chi connectivity index (χ1n) is 9.48. The molecule has 0 saturated carbocycles. The van der Waals surface area contributed by atoms with E-state index in [4.69, 9.17) is 9.47 Å². The quantitative estimate of drug-likeness (QED) is 0.699. The molecule has 6 nitrogen and oxygen atoms in total. The second-order valence-corrected chi connectivity index (χ2v) is 7.08. The van der Waals surface area contributed by atoms with Gasteiger partial charge in [-0.25, -0.2) is 4.68 Å². The molecule has 3 rings (SSSR count). The molecule has 0 aliphatic carbocycles. The maximum absolute atomic E-state index is 13.2. The van der Waals surface area contributed by atoms with Gasteiger partial charge in [0.15, 0.2) is 0 Å². The summed E-state index contributed by atoms with van der Waals surface area (Å²) in [6.07, 6.45) is -2.50. The minimum atomic E-state index is -4.52. The van der Waals surface area contributed by atoms with Crippen LogP contribution in [0.5, 0.6) is 0 Å². The van der Waals surface area contributed by atoms with Crippen LogP contribution in [0.4, 0.5) is 18.9 Å². The number of amides is 1. The van der Waals surface area contributed by atoms with E-state index < -0.39 is 17.6 Å². The summed E-state index contributed by atoms with van der Waals surface area (Å²) in [6.45, 7) is 4.88. The molecule has 1 amide bonds. The van der Waals surface area contributed by atoms with Crippen molar-refractivity contribution in [2.45, 2.75) is 45.4 Å². The summed E-state index contributed by atoms with van der Waals surface area (Å²) in [5.41, 5.74) is 1.06. The van der Waals surface area contributed by atoms with Gasteiger partial charge in [0.1, 0.15) is 0 Å². The van der Waals surface area contributed by atoms with Gasteiger partial charge in [-0.1, -0.05) is 0 Å². The number of benzene rings is 1. The molecule has 29 heavy (non-hydrogen) atoms. The van der Waals surface area contributed by atoms with Gasteiger partial charge in [-0.3, -0.25) is 4.79 Å². The molecule has 2 aromatic rings. The Bertz CT molecular complexity index is 858. The number of carbonyl (C=O) groups is 1. The second kappa shape index (κ2) is 8.96. The van der Waals surface area contributed by atoms with E-state index in [1.165, 1.54) is 10.7 Å². The van der Waals surface area contributed by atoms with Crippen molar-refractivity contribution in [2.24, 2.45) is 0 Å². The third-order valence-corrected chi connectivity index (χ3v) is 4.64. The van der Waals surface area contributed by atoms with Crippen molar-refractivity contribution in [3.8, 4) is 5.69 Å². The third-order valence-electron chi connectivity index (χ3n) is 4.64. The van der Waals surface area contributed by atoms with Gasteiger partial charge in [0.2, 0.25) is 5.91 Å². The average Bonchev–Trinajstić information content (AvgIpc) is 3.27. The van der Waals surface area contributed by atoms with Crippen molar-refractivity contribution in [3.63, 3.8) is 0 Å². The van der Waals surface area contributed by atoms with Gasteiger partial charge in [0, 0.05) is 12.3 Å². The predicted octanol–water partition coefficient (Wildman–Crippen LogP) is 4.03. The molecule has 9 heteroatoms. The Morgan fingerprint density at radius 3 is 2.76 bits per heavy atom. The molecule has 0 radical (unpaired) electrons. The lowest BCUT2D eigenvalue weighted by atomic mass is 10.1. The number of alkyl halides is 3. The Morgan fingerprint density at radius 2 is 2.14 bits per heavy atom. The van der Waals surface area contributed by atoms with Gasteiger partial charge in [0.25, 0.3) is 0 Å². The van der Waals surface area contributed by atoms with Crippen LogP contribution in [0.3, 0.4) is 0 Å². The van der Waals surface area contributed by atoms with Gasteiger partial charge in [0.05, 0.1) is 48.4 Å². The standard InChI is InChI=1S/C20H24F3N3O3/c1-13-10-14(2)26(25-13)18-6-5-15(20(21,22)23)11-17(18)24-19(27)7-9-28-12-16-4-3-8-29-16/h5-6,10-11,16H,3-4,7-9,12H2,1-2H3,(H,24,27). The van der Waals surface area contributed by atoms with Crippen LogP contribution in [-0.4, -0.2) is 41.6 Å². The topological polar surface area (TPSA) is 65.4 Å². The smallest absolute Gasteiger partial charge is 0.378 e. The van der Waals surface area contributed by atoms with E-state index in [0.717, 1.165) is 43.0 Å². The first-order valence-corrected chi connectivity index (χ1v) is 9.48. The van der Waals surface area contributed by atoms with Crippen LogP contribution in [0.25, 0.3) is 5.69 Å². The highest BCUT2D eigenvalue weighted by Gasteiger charge is 2.31. The Morgan fingerprint density at radius 1 is 1.34 bits per heavy atom. The van der Waals surface area contributed by atoms with Crippen LogP contribution in [-0.2, 0) is 20.4 Å². The lowest BCUT2D eigenvalue weighted by Crippen LogP contribution is -2.19. The molecule has 1 N–H and O–H groups in total. The molecule has 1 aliphatic rings. The van der Waals surface area contributed by atoms with Crippen LogP contribution in [0.15, 0.2) is 24.3 Å². The predicted molar refractivity (Wildman–Crippen MR) is 101 cm³/mol. The SMILES string of the molecule is Cc1cc(C)n(-c2ccc(C(F)(F)F)cc2NC(=O)CCOCC2CCCO2)n1. The van der Waals surface area contributed by atoms with E-state index in [1.807, 2.05) is 6.07 Å². The minimum Gasteiger partial charge on any atom is -0.378 e. The molecular weight excluding hydrogens is 387 g/mol. The third kappa shape index (κ3) is 5.57. The maximum Gasteiger partial charge on any atom is 0.416 e. The largest absolute Gasteiger partial charge is 0.416 e. The zero-order valence-corrected chi connectivity index (χ0v) is 16.4. The lowest BCUT2D eigenvalue weighted by molar-refractivity contribution is -0.137. The lowest BCUT2D eigenvalue weighted by Gasteiger charge is -2.16. The van der Waals surface area contributed by atoms with Gasteiger partial charge in [-0.2, -0.15) is 18.3 Å². The molecule has 1 unspecified atom stereocenters.